The van der Waals surface area contributed by atoms with E-state index in [9.17, 15) is 4.79 Å². The van der Waals surface area contributed by atoms with Gasteiger partial charge in [-0.25, -0.2) is 0 Å². The summed E-state index contributed by atoms with van der Waals surface area (Å²) in [6.45, 7) is 6.48. The summed E-state index contributed by atoms with van der Waals surface area (Å²) in [6.07, 6.45) is 2.48. The number of hydrogen-bond donors (Lipinski definition) is 0. The van der Waals surface area contributed by atoms with Crippen molar-refractivity contribution in [1.82, 2.24) is 20.0 Å². The third kappa shape index (κ3) is 4.12. The van der Waals surface area contributed by atoms with Crippen molar-refractivity contribution in [2.24, 2.45) is 5.41 Å². The first kappa shape index (κ1) is 19.7. The van der Waals surface area contributed by atoms with Crippen LogP contribution in [0.15, 0.2) is 34.7 Å². The van der Waals surface area contributed by atoms with Gasteiger partial charge in [0.05, 0.1) is 25.2 Å². The zero-order chi connectivity index (χ0) is 20.4. The van der Waals surface area contributed by atoms with Gasteiger partial charge in [-0.3, -0.25) is 14.6 Å². The maximum Gasteiger partial charge on any atom is 0.312 e. The van der Waals surface area contributed by atoms with Gasteiger partial charge in [-0.1, -0.05) is 18.2 Å². The standard InChI is InChI=1S/C22H28N4O4/c27-21-22(14-18(29-21)15-26-10-12-28-13-11-26)6-8-25(9-7-22)16-19-23-24-20(30-19)17-4-2-1-3-5-17/h1-5,18H,6-16H2. The number of carbonyl (C=O) groups excluding carboxylic acids is 1. The molecule has 30 heavy (non-hydrogen) atoms. The molecule has 0 radical (unpaired) electrons. The van der Waals surface area contributed by atoms with E-state index in [1.807, 2.05) is 30.3 Å². The molecular formula is C22H28N4O4. The lowest BCUT2D eigenvalue weighted by molar-refractivity contribution is -0.151. The molecule has 160 valence electrons. The predicted octanol–water partition coefficient (Wildman–Crippen LogP) is 1.97. The number of esters is 1. The highest BCUT2D eigenvalue weighted by atomic mass is 16.6. The van der Waals surface area contributed by atoms with Crippen LogP contribution in [0.2, 0.25) is 0 Å². The van der Waals surface area contributed by atoms with Crippen LogP contribution >= 0.6 is 0 Å². The van der Waals surface area contributed by atoms with Crippen molar-refractivity contribution in [3.8, 4) is 11.5 Å². The number of ether oxygens (including phenoxy) is 2. The summed E-state index contributed by atoms with van der Waals surface area (Å²) in [5.74, 6) is 1.15. The number of benzene rings is 1. The van der Waals surface area contributed by atoms with Gasteiger partial charge < -0.3 is 13.9 Å². The summed E-state index contributed by atoms with van der Waals surface area (Å²) < 4.78 is 17.0. The van der Waals surface area contributed by atoms with Crippen LogP contribution < -0.4 is 0 Å². The Balaban J connectivity index is 1.14. The van der Waals surface area contributed by atoms with E-state index in [0.29, 0.717) is 18.3 Å². The highest BCUT2D eigenvalue weighted by molar-refractivity contribution is 5.79. The second-order valence-electron chi connectivity index (χ2n) is 8.57. The maximum atomic E-state index is 12.7. The highest BCUT2D eigenvalue weighted by Crippen LogP contribution is 2.43. The summed E-state index contributed by atoms with van der Waals surface area (Å²) in [5.41, 5.74) is 0.603. The Kier molecular flexibility index (Phi) is 5.54. The summed E-state index contributed by atoms with van der Waals surface area (Å²) in [7, 11) is 0. The summed E-state index contributed by atoms with van der Waals surface area (Å²) in [4.78, 5) is 17.3. The number of nitrogens with zero attached hydrogens (tertiary/aromatic N) is 4. The van der Waals surface area contributed by atoms with Gasteiger partial charge in [0.15, 0.2) is 0 Å². The van der Waals surface area contributed by atoms with E-state index in [1.165, 1.54) is 0 Å². The molecule has 3 saturated heterocycles. The first-order valence-electron chi connectivity index (χ1n) is 10.8. The molecule has 0 saturated carbocycles. The number of rotatable bonds is 5. The van der Waals surface area contributed by atoms with E-state index >= 15 is 0 Å². The average Bonchev–Trinajstić information content (AvgIpc) is 3.36. The molecule has 0 bridgehead atoms. The Hall–Kier alpha value is -2.29. The molecule has 3 aliphatic rings. The molecule has 0 aliphatic carbocycles. The number of cyclic esters (lactones) is 1. The van der Waals surface area contributed by atoms with Gasteiger partial charge in [0, 0.05) is 31.6 Å². The molecule has 1 unspecified atom stereocenters. The van der Waals surface area contributed by atoms with E-state index < -0.39 is 0 Å². The Bertz CT molecular complexity index is 857. The van der Waals surface area contributed by atoms with Crippen LogP contribution in [0.25, 0.3) is 11.5 Å². The first-order valence-corrected chi connectivity index (χ1v) is 10.8. The normalized spacial score (nSPS) is 24.9. The fraction of sp³-hybridized carbons (Fsp3) is 0.591. The van der Waals surface area contributed by atoms with Crippen molar-refractivity contribution in [2.45, 2.75) is 31.9 Å². The second-order valence-corrected chi connectivity index (χ2v) is 8.57. The van der Waals surface area contributed by atoms with Crippen molar-refractivity contribution >= 4 is 5.97 Å². The van der Waals surface area contributed by atoms with Crippen LogP contribution in [0.3, 0.4) is 0 Å². The number of morpholine rings is 1. The number of carbonyl (C=O) groups is 1. The molecular weight excluding hydrogens is 384 g/mol. The van der Waals surface area contributed by atoms with Crippen LogP contribution in [0.4, 0.5) is 0 Å². The lowest BCUT2D eigenvalue weighted by Gasteiger charge is -2.36. The van der Waals surface area contributed by atoms with E-state index in [-0.39, 0.29) is 17.5 Å². The van der Waals surface area contributed by atoms with E-state index in [0.717, 1.165) is 70.8 Å². The van der Waals surface area contributed by atoms with Gasteiger partial charge in [0.25, 0.3) is 0 Å². The highest BCUT2D eigenvalue weighted by Gasteiger charge is 2.50. The SMILES string of the molecule is O=C1OC(CN2CCOCC2)CC12CCN(Cc1nnc(-c3ccccc3)o1)CC2. The quantitative estimate of drug-likeness (QED) is 0.690. The summed E-state index contributed by atoms with van der Waals surface area (Å²) in [6, 6.07) is 9.79. The molecule has 3 fully saturated rings. The lowest BCUT2D eigenvalue weighted by Crippen LogP contribution is -2.43. The van der Waals surface area contributed by atoms with E-state index in [2.05, 4.69) is 20.0 Å². The molecule has 2 aromatic rings. The topological polar surface area (TPSA) is 80.9 Å². The Morgan fingerprint density at radius 1 is 1.00 bits per heavy atom. The van der Waals surface area contributed by atoms with Crippen LogP contribution in [-0.4, -0.2) is 78.0 Å². The van der Waals surface area contributed by atoms with Crippen molar-refractivity contribution < 1.29 is 18.7 Å². The summed E-state index contributed by atoms with van der Waals surface area (Å²) >= 11 is 0. The third-order valence-corrected chi connectivity index (χ3v) is 6.55. The predicted molar refractivity (Wildman–Crippen MR) is 108 cm³/mol. The minimum Gasteiger partial charge on any atom is -0.461 e. The minimum absolute atomic E-state index is 0.00604. The molecule has 8 heteroatoms. The number of aromatic nitrogens is 2. The van der Waals surface area contributed by atoms with Gasteiger partial charge in [-0.2, -0.15) is 0 Å². The Labute approximate surface area is 176 Å². The molecule has 1 aromatic carbocycles. The van der Waals surface area contributed by atoms with Crippen molar-refractivity contribution in [3.05, 3.63) is 36.2 Å². The molecule has 3 aliphatic heterocycles. The Morgan fingerprint density at radius 3 is 2.53 bits per heavy atom. The largest absolute Gasteiger partial charge is 0.461 e. The maximum absolute atomic E-state index is 12.7. The zero-order valence-corrected chi connectivity index (χ0v) is 17.2. The van der Waals surface area contributed by atoms with Crippen LogP contribution in [0.5, 0.6) is 0 Å². The molecule has 8 nitrogen and oxygen atoms in total. The molecule has 5 rings (SSSR count). The lowest BCUT2D eigenvalue weighted by atomic mass is 9.76. The van der Waals surface area contributed by atoms with Crippen LogP contribution in [0.1, 0.15) is 25.2 Å². The van der Waals surface area contributed by atoms with Gasteiger partial charge in [-0.15, -0.1) is 10.2 Å². The van der Waals surface area contributed by atoms with Crippen molar-refractivity contribution in [3.63, 3.8) is 0 Å². The number of likely N-dealkylation sites (tertiary alicyclic amines) is 1. The minimum atomic E-state index is -0.322. The average molecular weight is 412 g/mol. The van der Waals surface area contributed by atoms with Crippen molar-refractivity contribution in [2.75, 3.05) is 45.9 Å². The zero-order valence-electron chi connectivity index (χ0n) is 17.2. The molecule has 1 atom stereocenters. The molecule has 0 N–H and O–H groups in total. The van der Waals surface area contributed by atoms with E-state index in [4.69, 9.17) is 13.9 Å². The number of piperidine rings is 1. The molecule has 4 heterocycles. The van der Waals surface area contributed by atoms with Crippen LogP contribution in [0, 0.1) is 5.41 Å². The molecule has 1 spiro atoms. The number of hydrogen-bond acceptors (Lipinski definition) is 8. The smallest absolute Gasteiger partial charge is 0.312 e. The monoisotopic (exact) mass is 412 g/mol. The Morgan fingerprint density at radius 2 is 1.77 bits per heavy atom. The molecule has 0 amide bonds. The molecule has 1 aromatic heterocycles. The first-order chi connectivity index (χ1) is 14.7. The second kappa shape index (κ2) is 8.45. The third-order valence-electron chi connectivity index (χ3n) is 6.55. The van der Waals surface area contributed by atoms with Gasteiger partial charge >= 0.3 is 5.97 Å². The fourth-order valence-corrected chi connectivity index (χ4v) is 4.76. The van der Waals surface area contributed by atoms with Crippen molar-refractivity contribution in [1.29, 1.82) is 0 Å². The van der Waals surface area contributed by atoms with Gasteiger partial charge in [-0.05, 0) is 38.1 Å². The van der Waals surface area contributed by atoms with Gasteiger partial charge in [0.1, 0.15) is 6.10 Å². The van der Waals surface area contributed by atoms with Crippen LogP contribution in [-0.2, 0) is 20.8 Å². The van der Waals surface area contributed by atoms with Gasteiger partial charge in [0.2, 0.25) is 11.8 Å². The van der Waals surface area contributed by atoms with E-state index in [1.54, 1.807) is 0 Å². The fourth-order valence-electron chi connectivity index (χ4n) is 4.76. The summed E-state index contributed by atoms with van der Waals surface area (Å²) in [5, 5.41) is 8.37.